The molecule has 0 radical (unpaired) electrons. The van der Waals surface area contributed by atoms with Gasteiger partial charge in [0.2, 0.25) is 0 Å². The van der Waals surface area contributed by atoms with Crippen molar-refractivity contribution in [1.82, 2.24) is 4.90 Å². The van der Waals surface area contributed by atoms with Gasteiger partial charge < -0.3 is 15.4 Å². The number of fused-ring (bicyclic) bond motifs is 1. The largest absolute Gasteiger partial charge is 0.373 e. The van der Waals surface area contributed by atoms with Crippen molar-refractivity contribution in [2.24, 2.45) is 5.73 Å². The first-order valence-electron chi connectivity index (χ1n) is 6.97. The van der Waals surface area contributed by atoms with Crippen LogP contribution in [0.4, 0.5) is 0 Å². The van der Waals surface area contributed by atoms with Crippen molar-refractivity contribution in [2.75, 3.05) is 26.2 Å². The van der Waals surface area contributed by atoms with E-state index in [1.807, 2.05) is 41.3 Å². The molecule has 2 N–H and O–H groups in total. The Hall–Kier alpha value is -1.43. The average molecular weight is 349 g/mol. The summed E-state index contributed by atoms with van der Waals surface area (Å²) in [6.07, 6.45) is -0.0564. The van der Waals surface area contributed by atoms with Crippen molar-refractivity contribution in [3.05, 3.63) is 46.4 Å². The summed E-state index contributed by atoms with van der Waals surface area (Å²) in [5.41, 5.74) is 6.34. The summed E-state index contributed by atoms with van der Waals surface area (Å²) in [6, 6.07) is 11.8. The number of benzene rings is 2. The molecule has 0 bridgehead atoms. The number of carbonyl (C=O) groups is 1. The number of morpholine rings is 1. The molecule has 2 aromatic rings. The molecule has 1 heterocycles. The van der Waals surface area contributed by atoms with E-state index in [1.165, 1.54) is 0 Å². The van der Waals surface area contributed by atoms with Crippen LogP contribution in [0, 0.1) is 0 Å². The lowest BCUT2D eigenvalue weighted by Gasteiger charge is -2.32. The second-order valence-corrected chi connectivity index (χ2v) is 6.10. The lowest BCUT2D eigenvalue weighted by molar-refractivity contribution is -0.0167. The molecule has 21 heavy (non-hydrogen) atoms. The fourth-order valence-corrected chi connectivity index (χ4v) is 2.96. The van der Waals surface area contributed by atoms with Gasteiger partial charge >= 0.3 is 0 Å². The number of amides is 1. The summed E-state index contributed by atoms with van der Waals surface area (Å²) in [7, 11) is 0. The van der Waals surface area contributed by atoms with Crippen LogP contribution in [0.25, 0.3) is 10.8 Å². The van der Waals surface area contributed by atoms with Crippen LogP contribution in [0.1, 0.15) is 10.4 Å². The fraction of sp³-hybridized carbons (Fsp3) is 0.312. The standard InChI is InChI=1S/C16H17BrN2O2/c17-14-4-3-11-7-13(2-1-12(11)8-14)16(20)19-5-6-21-15(9-18)10-19/h1-4,7-8,15H,5-6,9-10,18H2. The van der Waals surface area contributed by atoms with Gasteiger partial charge in [-0.05, 0) is 35.0 Å². The summed E-state index contributed by atoms with van der Waals surface area (Å²) >= 11 is 3.46. The Kier molecular flexibility index (Phi) is 4.24. The lowest BCUT2D eigenvalue weighted by atomic mass is 10.1. The van der Waals surface area contributed by atoms with Gasteiger partial charge in [0, 0.05) is 29.7 Å². The summed E-state index contributed by atoms with van der Waals surface area (Å²) in [6.45, 7) is 2.17. The zero-order chi connectivity index (χ0) is 14.8. The molecule has 3 rings (SSSR count). The third kappa shape index (κ3) is 3.10. The summed E-state index contributed by atoms with van der Waals surface area (Å²) < 4.78 is 6.54. The number of hydrogen-bond donors (Lipinski definition) is 1. The molecule has 1 aliphatic heterocycles. The highest BCUT2D eigenvalue weighted by Crippen LogP contribution is 2.22. The Bertz CT molecular complexity index is 674. The van der Waals surface area contributed by atoms with E-state index in [4.69, 9.17) is 10.5 Å². The molecule has 1 fully saturated rings. The van der Waals surface area contributed by atoms with Crippen LogP contribution in [0.15, 0.2) is 40.9 Å². The maximum Gasteiger partial charge on any atom is 0.254 e. The molecule has 1 amide bonds. The van der Waals surface area contributed by atoms with Crippen molar-refractivity contribution in [1.29, 1.82) is 0 Å². The molecule has 0 spiro atoms. The molecule has 0 aromatic heterocycles. The molecule has 0 saturated carbocycles. The molecule has 2 aromatic carbocycles. The van der Waals surface area contributed by atoms with E-state index >= 15 is 0 Å². The number of nitrogens with zero attached hydrogens (tertiary/aromatic N) is 1. The predicted octanol–water partition coefficient (Wildman–Crippen LogP) is 2.40. The van der Waals surface area contributed by atoms with E-state index in [0.717, 1.165) is 15.2 Å². The van der Waals surface area contributed by atoms with Crippen molar-refractivity contribution in [3.63, 3.8) is 0 Å². The third-order valence-electron chi connectivity index (χ3n) is 3.74. The van der Waals surface area contributed by atoms with Gasteiger partial charge in [-0.25, -0.2) is 0 Å². The number of rotatable bonds is 2. The van der Waals surface area contributed by atoms with Crippen molar-refractivity contribution in [2.45, 2.75) is 6.10 Å². The Morgan fingerprint density at radius 3 is 2.86 bits per heavy atom. The first kappa shape index (κ1) is 14.5. The van der Waals surface area contributed by atoms with E-state index < -0.39 is 0 Å². The van der Waals surface area contributed by atoms with Crippen LogP contribution in [0.3, 0.4) is 0 Å². The van der Waals surface area contributed by atoms with Gasteiger partial charge in [-0.2, -0.15) is 0 Å². The first-order chi connectivity index (χ1) is 10.2. The van der Waals surface area contributed by atoms with Crippen LogP contribution in [0.5, 0.6) is 0 Å². The predicted molar refractivity (Wildman–Crippen MR) is 86.3 cm³/mol. The minimum absolute atomic E-state index is 0.0431. The lowest BCUT2D eigenvalue weighted by Crippen LogP contribution is -2.48. The fourth-order valence-electron chi connectivity index (χ4n) is 2.58. The van der Waals surface area contributed by atoms with Crippen LogP contribution in [0.2, 0.25) is 0 Å². The van der Waals surface area contributed by atoms with Crippen LogP contribution < -0.4 is 5.73 Å². The Labute approximate surface area is 132 Å². The number of carbonyl (C=O) groups excluding carboxylic acids is 1. The minimum atomic E-state index is -0.0564. The molecule has 4 nitrogen and oxygen atoms in total. The molecule has 1 atom stereocenters. The zero-order valence-electron chi connectivity index (χ0n) is 11.6. The monoisotopic (exact) mass is 348 g/mol. The second kappa shape index (κ2) is 6.13. The number of ether oxygens (including phenoxy) is 1. The van der Waals surface area contributed by atoms with Gasteiger partial charge in [0.15, 0.2) is 0 Å². The quantitative estimate of drug-likeness (QED) is 0.906. The molecule has 0 aliphatic carbocycles. The Balaban J connectivity index is 1.85. The normalized spacial score (nSPS) is 19.0. The molecular weight excluding hydrogens is 332 g/mol. The Morgan fingerprint density at radius 1 is 1.29 bits per heavy atom. The highest BCUT2D eigenvalue weighted by molar-refractivity contribution is 9.10. The van der Waals surface area contributed by atoms with Gasteiger partial charge in [0.1, 0.15) is 0 Å². The van der Waals surface area contributed by atoms with Gasteiger partial charge in [-0.15, -0.1) is 0 Å². The maximum absolute atomic E-state index is 12.6. The highest BCUT2D eigenvalue weighted by atomic mass is 79.9. The number of hydrogen-bond acceptors (Lipinski definition) is 3. The molecule has 1 aliphatic rings. The molecule has 5 heteroatoms. The van der Waals surface area contributed by atoms with Gasteiger partial charge in [-0.3, -0.25) is 4.79 Å². The van der Waals surface area contributed by atoms with Crippen molar-refractivity contribution < 1.29 is 9.53 Å². The van der Waals surface area contributed by atoms with Crippen LogP contribution >= 0.6 is 15.9 Å². The van der Waals surface area contributed by atoms with Gasteiger partial charge in [0.05, 0.1) is 12.7 Å². The average Bonchev–Trinajstić information content (AvgIpc) is 2.53. The molecular formula is C16H17BrN2O2. The summed E-state index contributed by atoms with van der Waals surface area (Å²) in [5, 5.41) is 2.18. The van der Waals surface area contributed by atoms with Crippen molar-refractivity contribution >= 4 is 32.6 Å². The van der Waals surface area contributed by atoms with Gasteiger partial charge in [0.25, 0.3) is 5.91 Å². The van der Waals surface area contributed by atoms with Crippen molar-refractivity contribution in [3.8, 4) is 0 Å². The van der Waals surface area contributed by atoms with E-state index in [0.29, 0.717) is 31.8 Å². The molecule has 1 saturated heterocycles. The first-order valence-corrected chi connectivity index (χ1v) is 7.77. The SMILES string of the molecule is NCC1CN(C(=O)c2ccc3cc(Br)ccc3c2)CCO1. The number of halogens is 1. The molecule has 110 valence electrons. The van der Waals surface area contributed by atoms with E-state index in [2.05, 4.69) is 15.9 Å². The smallest absolute Gasteiger partial charge is 0.254 e. The van der Waals surface area contributed by atoms with E-state index in [-0.39, 0.29) is 12.0 Å². The van der Waals surface area contributed by atoms with E-state index in [9.17, 15) is 4.79 Å². The topological polar surface area (TPSA) is 55.6 Å². The number of nitrogens with two attached hydrogens (primary N) is 1. The zero-order valence-corrected chi connectivity index (χ0v) is 13.2. The maximum atomic E-state index is 12.6. The summed E-state index contributed by atoms with van der Waals surface area (Å²) in [4.78, 5) is 14.4. The third-order valence-corrected chi connectivity index (χ3v) is 4.23. The second-order valence-electron chi connectivity index (χ2n) is 5.19. The summed E-state index contributed by atoms with van der Waals surface area (Å²) in [5.74, 6) is 0.0431. The van der Waals surface area contributed by atoms with Crippen LogP contribution in [-0.4, -0.2) is 43.2 Å². The highest BCUT2D eigenvalue weighted by Gasteiger charge is 2.24. The minimum Gasteiger partial charge on any atom is -0.373 e. The van der Waals surface area contributed by atoms with E-state index in [1.54, 1.807) is 0 Å². The molecule has 1 unspecified atom stereocenters. The Morgan fingerprint density at radius 2 is 2.05 bits per heavy atom. The van der Waals surface area contributed by atoms with Crippen LogP contribution in [-0.2, 0) is 4.74 Å². The van der Waals surface area contributed by atoms with Gasteiger partial charge in [-0.1, -0.05) is 28.1 Å².